The summed E-state index contributed by atoms with van der Waals surface area (Å²) in [4.78, 5) is 53.0. The molecule has 150 valence electrons. The molecule has 2 aliphatic rings. The molecule has 1 atom stereocenters. The monoisotopic (exact) mass is 396 g/mol. The second-order valence-corrected chi connectivity index (χ2v) is 6.92. The summed E-state index contributed by atoms with van der Waals surface area (Å²) >= 11 is 0. The van der Waals surface area contributed by atoms with E-state index >= 15 is 0 Å². The first-order valence-corrected chi connectivity index (χ1v) is 9.34. The lowest BCUT2D eigenvalue weighted by Crippen LogP contribution is -2.52. The highest BCUT2D eigenvalue weighted by Gasteiger charge is 2.32. The van der Waals surface area contributed by atoms with Crippen molar-refractivity contribution in [2.45, 2.75) is 12.5 Å². The molecule has 0 bridgehead atoms. The zero-order valence-corrected chi connectivity index (χ0v) is 15.6. The molecule has 1 aromatic carbocycles. The first-order chi connectivity index (χ1) is 14.0. The third-order valence-electron chi connectivity index (χ3n) is 5.08. The van der Waals surface area contributed by atoms with Crippen molar-refractivity contribution < 1.29 is 23.6 Å². The normalized spacial score (nSPS) is 19.1. The number of carbonyl (C=O) groups excluding carboxylic acids is 4. The Morgan fingerprint density at radius 2 is 1.72 bits per heavy atom. The minimum absolute atomic E-state index is 0.141. The van der Waals surface area contributed by atoms with Gasteiger partial charge in [-0.15, -0.1) is 0 Å². The van der Waals surface area contributed by atoms with Crippen LogP contribution in [0.2, 0.25) is 0 Å². The van der Waals surface area contributed by atoms with Crippen molar-refractivity contribution in [3.8, 4) is 0 Å². The predicted molar refractivity (Wildman–Crippen MR) is 102 cm³/mol. The number of benzene rings is 1. The van der Waals surface area contributed by atoms with Crippen molar-refractivity contribution in [3.05, 3.63) is 54.0 Å². The lowest BCUT2D eigenvalue weighted by Gasteiger charge is -2.34. The zero-order chi connectivity index (χ0) is 20.4. The molecule has 3 heterocycles. The molecule has 2 aliphatic heterocycles. The highest BCUT2D eigenvalue weighted by Crippen LogP contribution is 2.19. The van der Waals surface area contributed by atoms with Gasteiger partial charge in [0.1, 0.15) is 6.04 Å². The first-order valence-electron chi connectivity index (χ1n) is 9.34. The molecular weight excluding hydrogens is 376 g/mol. The van der Waals surface area contributed by atoms with Gasteiger partial charge in [0.25, 0.3) is 11.8 Å². The van der Waals surface area contributed by atoms with Crippen LogP contribution >= 0.6 is 0 Å². The van der Waals surface area contributed by atoms with Crippen molar-refractivity contribution in [1.29, 1.82) is 0 Å². The minimum atomic E-state index is -0.954. The maximum atomic E-state index is 12.7. The standard InChI is InChI=1S/C20H20N4O5/c25-17(23-7-9-24(10-8-23)20(28)16-6-3-11-29-16)12-15-19(27)21-14-5-2-1-4-13(14)18(26)22-15/h1-6,11,15H,7-10,12H2,(H,21,27)(H,22,26)/t15-/m1/s1. The molecule has 9 heteroatoms. The quantitative estimate of drug-likeness (QED) is 0.793. The lowest BCUT2D eigenvalue weighted by molar-refractivity contribution is -0.135. The van der Waals surface area contributed by atoms with E-state index in [4.69, 9.17) is 4.42 Å². The third-order valence-corrected chi connectivity index (χ3v) is 5.08. The highest BCUT2D eigenvalue weighted by molar-refractivity contribution is 6.10. The van der Waals surface area contributed by atoms with Crippen LogP contribution < -0.4 is 10.6 Å². The summed E-state index contributed by atoms with van der Waals surface area (Å²) in [5, 5.41) is 5.32. The van der Waals surface area contributed by atoms with Gasteiger partial charge >= 0.3 is 0 Å². The van der Waals surface area contributed by atoms with Crippen molar-refractivity contribution in [2.75, 3.05) is 31.5 Å². The molecule has 1 aromatic heterocycles. The van der Waals surface area contributed by atoms with Crippen LogP contribution in [-0.4, -0.2) is 65.6 Å². The van der Waals surface area contributed by atoms with Crippen LogP contribution in [0.4, 0.5) is 5.69 Å². The second-order valence-electron chi connectivity index (χ2n) is 6.92. The Bertz CT molecular complexity index is 948. The molecule has 1 fully saturated rings. The van der Waals surface area contributed by atoms with Crippen molar-refractivity contribution >= 4 is 29.3 Å². The van der Waals surface area contributed by atoms with E-state index in [1.165, 1.54) is 6.26 Å². The predicted octanol–water partition coefficient (Wildman–Crippen LogP) is 0.705. The maximum absolute atomic E-state index is 12.7. The van der Waals surface area contributed by atoms with Crippen LogP contribution in [0.25, 0.3) is 0 Å². The fourth-order valence-electron chi connectivity index (χ4n) is 3.47. The molecule has 2 aromatic rings. The van der Waals surface area contributed by atoms with E-state index in [0.29, 0.717) is 37.4 Å². The van der Waals surface area contributed by atoms with Gasteiger partial charge in [0.2, 0.25) is 11.8 Å². The smallest absolute Gasteiger partial charge is 0.289 e. The number of anilines is 1. The number of carbonyl (C=O) groups is 4. The van der Waals surface area contributed by atoms with Crippen molar-refractivity contribution in [1.82, 2.24) is 15.1 Å². The zero-order valence-electron chi connectivity index (χ0n) is 15.6. The molecule has 4 rings (SSSR count). The number of rotatable bonds is 3. The SMILES string of the molecule is O=C1N[C@H](CC(=O)N2CCN(C(=O)c3ccco3)CC2)C(=O)Nc2ccccc21. The highest BCUT2D eigenvalue weighted by atomic mass is 16.3. The average molecular weight is 396 g/mol. The number of hydrogen-bond acceptors (Lipinski definition) is 5. The molecule has 29 heavy (non-hydrogen) atoms. The van der Waals surface area contributed by atoms with Gasteiger partial charge in [0.05, 0.1) is 23.9 Å². The number of nitrogens with one attached hydrogen (secondary N) is 2. The summed E-state index contributed by atoms with van der Waals surface area (Å²) in [6.07, 6.45) is 1.30. The molecule has 9 nitrogen and oxygen atoms in total. The number of para-hydroxylation sites is 1. The summed E-state index contributed by atoms with van der Waals surface area (Å²) < 4.78 is 5.13. The van der Waals surface area contributed by atoms with Crippen LogP contribution in [0, 0.1) is 0 Å². The maximum Gasteiger partial charge on any atom is 0.289 e. The second kappa shape index (κ2) is 7.78. The minimum Gasteiger partial charge on any atom is -0.459 e. The Labute approximate surface area is 166 Å². The Hall–Kier alpha value is -3.62. The van der Waals surface area contributed by atoms with E-state index in [-0.39, 0.29) is 24.0 Å². The molecule has 0 aliphatic carbocycles. The van der Waals surface area contributed by atoms with Crippen LogP contribution in [0.1, 0.15) is 27.3 Å². The molecule has 4 amide bonds. The number of piperazine rings is 1. The van der Waals surface area contributed by atoms with Crippen molar-refractivity contribution in [3.63, 3.8) is 0 Å². The van der Waals surface area contributed by atoms with E-state index in [0.717, 1.165) is 0 Å². The molecule has 2 N–H and O–H groups in total. The largest absolute Gasteiger partial charge is 0.459 e. The summed E-state index contributed by atoms with van der Waals surface area (Å²) in [6, 6.07) is 8.99. The van der Waals surface area contributed by atoms with Crippen LogP contribution in [0.15, 0.2) is 47.1 Å². The van der Waals surface area contributed by atoms with Gasteiger partial charge in [0.15, 0.2) is 5.76 Å². The van der Waals surface area contributed by atoms with E-state index in [1.54, 1.807) is 46.2 Å². The van der Waals surface area contributed by atoms with Crippen LogP contribution in [-0.2, 0) is 9.59 Å². The van der Waals surface area contributed by atoms with E-state index < -0.39 is 17.9 Å². The number of furan rings is 1. The number of amides is 4. The molecular formula is C20H20N4O5. The van der Waals surface area contributed by atoms with Crippen molar-refractivity contribution in [2.24, 2.45) is 0 Å². The Balaban J connectivity index is 1.35. The fraction of sp³-hybridized carbons (Fsp3) is 0.300. The number of fused-ring (bicyclic) bond motifs is 1. The van der Waals surface area contributed by atoms with E-state index in [9.17, 15) is 19.2 Å². The molecule has 1 saturated heterocycles. The van der Waals surface area contributed by atoms with Crippen LogP contribution in [0.5, 0.6) is 0 Å². The van der Waals surface area contributed by atoms with E-state index in [2.05, 4.69) is 10.6 Å². The lowest BCUT2D eigenvalue weighted by atomic mass is 10.1. The number of nitrogens with zero attached hydrogens (tertiary/aromatic N) is 2. The topological polar surface area (TPSA) is 112 Å². The summed E-state index contributed by atoms with van der Waals surface area (Å²) in [5.41, 5.74) is 0.788. The first kappa shape index (κ1) is 18.7. The van der Waals surface area contributed by atoms with Crippen LogP contribution in [0.3, 0.4) is 0 Å². The van der Waals surface area contributed by atoms with Gasteiger partial charge in [-0.3, -0.25) is 19.2 Å². The van der Waals surface area contributed by atoms with Gasteiger partial charge in [0, 0.05) is 26.2 Å². The Morgan fingerprint density at radius 3 is 2.45 bits per heavy atom. The molecule has 0 saturated carbocycles. The third kappa shape index (κ3) is 3.84. The number of hydrogen-bond donors (Lipinski definition) is 2. The van der Waals surface area contributed by atoms with Gasteiger partial charge in [-0.2, -0.15) is 0 Å². The van der Waals surface area contributed by atoms with Gasteiger partial charge in [-0.05, 0) is 24.3 Å². The summed E-state index contributed by atoms with van der Waals surface area (Å²) in [6.45, 7) is 1.46. The van der Waals surface area contributed by atoms with Gasteiger partial charge in [-0.25, -0.2) is 0 Å². The van der Waals surface area contributed by atoms with Gasteiger partial charge < -0.3 is 24.9 Å². The molecule has 0 radical (unpaired) electrons. The summed E-state index contributed by atoms with van der Waals surface area (Å²) in [7, 11) is 0. The molecule has 0 unspecified atom stereocenters. The Morgan fingerprint density at radius 1 is 1.00 bits per heavy atom. The molecule has 0 spiro atoms. The Kier molecular flexibility index (Phi) is 5.03. The summed E-state index contributed by atoms with van der Waals surface area (Å²) in [5.74, 6) is -1.02. The fourth-order valence-corrected chi connectivity index (χ4v) is 3.47. The van der Waals surface area contributed by atoms with E-state index in [1.807, 2.05) is 0 Å². The van der Waals surface area contributed by atoms with Gasteiger partial charge in [-0.1, -0.05) is 12.1 Å². The average Bonchev–Trinajstić information content (AvgIpc) is 3.24.